The third-order valence-electron chi connectivity index (χ3n) is 2.98. The van der Waals surface area contributed by atoms with E-state index in [0.717, 1.165) is 6.54 Å². The summed E-state index contributed by atoms with van der Waals surface area (Å²) in [7, 11) is 2.01. The van der Waals surface area contributed by atoms with Crippen molar-refractivity contribution in [3.63, 3.8) is 0 Å². The van der Waals surface area contributed by atoms with E-state index in [1.54, 1.807) is 0 Å². The van der Waals surface area contributed by atoms with Crippen molar-refractivity contribution in [3.8, 4) is 0 Å². The molecular weight excluding hydrogens is 184 g/mol. The number of aromatic nitrogens is 1. The molecule has 15 heavy (non-hydrogen) atoms. The van der Waals surface area contributed by atoms with Gasteiger partial charge in [-0.3, -0.25) is 0 Å². The Kier molecular flexibility index (Phi) is 4.40. The van der Waals surface area contributed by atoms with E-state index in [9.17, 15) is 0 Å². The third-order valence-corrected chi connectivity index (χ3v) is 2.98. The van der Waals surface area contributed by atoms with Crippen LogP contribution in [0.2, 0.25) is 0 Å². The van der Waals surface area contributed by atoms with Crippen LogP contribution in [0.4, 0.5) is 0 Å². The van der Waals surface area contributed by atoms with Gasteiger partial charge in [-0.15, -0.1) is 0 Å². The zero-order valence-electron chi connectivity index (χ0n) is 10.7. The van der Waals surface area contributed by atoms with Crippen molar-refractivity contribution >= 4 is 0 Å². The van der Waals surface area contributed by atoms with Gasteiger partial charge in [0.2, 0.25) is 0 Å². The fourth-order valence-electron chi connectivity index (χ4n) is 2.35. The molecule has 0 radical (unpaired) electrons. The molecule has 1 N–H and O–H groups in total. The molecular formula is C13H24N2. The predicted molar refractivity (Wildman–Crippen MR) is 66.5 cm³/mol. The second kappa shape index (κ2) is 5.36. The first-order chi connectivity index (χ1) is 7.07. The van der Waals surface area contributed by atoms with Gasteiger partial charge in [0.15, 0.2) is 0 Å². The number of aryl methyl sites for hydroxylation is 2. The van der Waals surface area contributed by atoms with E-state index in [4.69, 9.17) is 0 Å². The van der Waals surface area contributed by atoms with Gasteiger partial charge in [-0.1, -0.05) is 0 Å². The van der Waals surface area contributed by atoms with E-state index in [-0.39, 0.29) is 0 Å². The summed E-state index contributed by atoms with van der Waals surface area (Å²) in [5, 5.41) is 3.19. The molecule has 0 aliphatic heterocycles. The zero-order chi connectivity index (χ0) is 11.4. The highest BCUT2D eigenvalue weighted by Gasteiger charge is 2.10. The molecule has 0 saturated heterocycles. The molecule has 0 aromatic carbocycles. The van der Waals surface area contributed by atoms with Gasteiger partial charge in [0.1, 0.15) is 0 Å². The van der Waals surface area contributed by atoms with Crippen LogP contribution < -0.4 is 5.32 Å². The molecule has 0 spiro atoms. The summed E-state index contributed by atoms with van der Waals surface area (Å²) < 4.78 is 2.43. The van der Waals surface area contributed by atoms with E-state index in [2.05, 4.69) is 43.6 Å². The van der Waals surface area contributed by atoms with Crippen LogP contribution in [0.3, 0.4) is 0 Å². The van der Waals surface area contributed by atoms with E-state index >= 15 is 0 Å². The molecule has 1 aromatic rings. The highest BCUT2D eigenvalue weighted by molar-refractivity contribution is 5.27. The quantitative estimate of drug-likeness (QED) is 0.736. The van der Waals surface area contributed by atoms with Crippen molar-refractivity contribution in [3.05, 3.63) is 23.0 Å². The number of hydrogen-bond acceptors (Lipinski definition) is 1. The van der Waals surface area contributed by atoms with Gasteiger partial charge < -0.3 is 9.88 Å². The third kappa shape index (κ3) is 2.85. The Labute approximate surface area is 93.7 Å². The second-order valence-corrected chi connectivity index (χ2v) is 4.57. The van der Waals surface area contributed by atoms with Crippen molar-refractivity contribution in [2.45, 2.75) is 46.6 Å². The fraction of sp³-hybridized carbons (Fsp3) is 0.692. The first-order valence-electron chi connectivity index (χ1n) is 5.89. The zero-order valence-corrected chi connectivity index (χ0v) is 10.7. The number of rotatable bonds is 5. The van der Waals surface area contributed by atoms with Crippen LogP contribution in [0.25, 0.3) is 0 Å². The van der Waals surface area contributed by atoms with Crippen molar-refractivity contribution in [1.29, 1.82) is 0 Å². The van der Waals surface area contributed by atoms with Gasteiger partial charge in [0.05, 0.1) is 0 Å². The number of nitrogens with zero attached hydrogens (tertiary/aromatic N) is 1. The van der Waals surface area contributed by atoms with Crippen LogP contribution in [0.15, 0.2) is 6.07 Å². The Hall–Kier alpha value is -0.760. The Bertz CT molecular complexity index is 311. The number of nitrogens with one attached hydrogen (secondary N) is 1. The second-order valence-electron chi connectivity index (χ2n) is 4.57. The van der Waals surface area contributed by atoms with Crippen LogP contribution >= 0.6 is 0 Å². The topological polar surface area (TPSA) is 17.0 Å². The molecule has 0 amide bonds. The minimum Gasteiger partial charge on any atom is -0.346 e. The molecule has 0 atom stereocenters. The lowest BCUT2D eigenvalue weighted by atomic mass is 10.1. The molecule has 86 valence electrons. The minimum atomic E-state index is 0.572. The van der Waals surface area contributed by atoms with Crippen molar-refractivity contribution in [2.75, 3.05) is 13.6 Å². The van der Waals surface area contributed by atoms with Crippen molar-refractivity contribution in [1.82, 2.24) is 9.88 Å². The predicted octanol–water partition coefficient (Wildman–Crippen LogP) is 2.84. The SMILES string of the molecule is CNCCCc1cc(C)n(C(C)C)c1C. The van der Waals surface area contributed by atoms with Gasteiger partial charge in [0.25, 0.3) is 0 Å². The molecule has 1 heterocycles. The Morgan fingerprint density at radius 1 is 1.33 bits per heavy atom. The van der Waals surface area contributed by atoms with Crippen LogP contribution in [0.5, 0.6) is 0 Å². The molecule has 0 bridgehead atoms. The first kappa shape index (κ1) is 12.3. The summed E-state index contributed by atoms with van der Waals surface area (Å²) in [6.45, 7) is 10.0. The Balaban J connectivity index is 2.77. The van der Waals surface area contributed by atoms with E-state index in [0.29, 0.717) is 6.04 Å². The van der Waals surface area contributed by atoms with Gasteiger partial charge in [-0.25, -0.2) is 0 Å². The molecule has 0 saturated carbocycles. The largest absolute Gasteiger partial charge is 0.346 e. The van der Waals surface area contributed by atoms with Crippen LogP contribution in [-0.2, 0) is 6.42 Å². The average molecular weight is 208 g/mol. The summed E-state index contributed by atoms with van der Waals surface area (Å²) in [6, 6.07) is 2.91. The lowest BCUT2D eigenvalue weighted by Gasteiger charge is -2.13. The summed E-state index contributed by atoms with van der Waals surface area (Å²) in [4.78, 5) is 0. The van der Waals surface area contributed by atoms with Gasteiger partial charge in [-0.05, 0) is 65.8 Å². The standard InChI is InChI=1S/C13H24N2/c1-10(2)15-11(3)9-13(12(15)4)7-6-8-14-5/h9-10,14H,6-8H2,1-5H3. The van der Waals surface area contributed by atoms with Gasteiger partial charge in [-0.2, -0.15) is 0 Å². The highest BCUT2D eigenvalue weighted by atomic mass is 15.0. The van der Waals surface area contributed by atoms with Crippen LogP contribution in [0, 0.1) is 13.8 Å². The molecule has 1 rings (SSSR count). The molecule has 0 fully saturated rings. The molecule has 0 aliphatic carbocycles. The maximum Gasteiger partial charge on any atom is 0.0279 e. The lowest BCUT2D eigenvalue weighted by Crippen LogP contribution is -2.09. The summed E-state index contributed by atoms with van der Waals surface area (Å²) in [5.74, 6) is 0. The smallest absolute Gasteiger partial charge is 0.0279 e. The van der Waals surface area contributed by atoms with Gasteiger partial charge >= 0.3 is 0 Å². The molecule has 0 unspecified atom stereocenters. The Morgan fingerprint density at radius 2 is 2.00 bits per heavy atom. The van der Waals surface area contributed by atoms with Gasteiger partial charge in [0, 0.05) is 17.4 Å². The van der Waals surface area contributed by atoms with Crippen molar-refractivity contribution in [2.24, 2.45) is 0 Å². The maximum absolute atomic E-state index is 3.19. The Morgan fingerprint density at radius 3 is 2.47 bits per heavy atom. The first-order valence-corrected chi connectivity index (χ1v) is 5.89. The minimum absolute atomic E-state index is 0.572. The molecule has 2 nitrogen and oxygen atoms in total. The summed E-state index contributed by atoms with van der Waals surface area (Å²) >= 11 is 0. The fourth-order valence-corrected chi connectivity index (χ4v) is 2.35. The molecule has 0 aliphatic rings. The summed E-state index contributed by atoms with van der Waals surface area (Å²) in [6.07, 6.45) is 2.41. The van der Waals surface area contributed by atoms with Crippen LogP contribution in [0.1, 0.15) is 43.3 Å². The molecule has 1 aromatic heterocycles. The average Bonchev–Trinajstić information content (AvgIpc) is 2.42. The highest BCUT2D eigenvalue weighted by Crippen LogP contribution is 2.20. The molecule has 2 heteroatoms. The number of hydrogen-bond donors (Lipinski definition) is 1. The maximum atomic E-state index is 3.19. The van der Waals surface area contributed by atoms with E-state index in [1.165, 1.54) is 29.8 Å². The van der Waals surface area contributed by atoms with E-state index < -0.39 is 0 Å². The van der Waals surface area contributed by atoms with Crippen molar-refractivity contribution < 1.29 is 0 Å². The van der Waals surface area contributed by atoms with Crippen LogP contribution in [-0.4, -0.2) is 18.2 Å². The monoisotopic (exact) mass is 208 g/mol. The lowest BCUT2D eigenvalue weighted by molar-refractivity contribution is 0.572. The van der Waals surface area contributed by atoms with E-state index in [1.807, 2.05) is 7.05 Å². The summed E-state index contributed by atoms with van der Waals surface area (Å²) in [5.41, 5.74) is 4.34. The normalized spacial score (nSPS) is 11.3.